The highest BCUT2D eigenvalue weighted by Crippen LogP contribution is 2.29. The zero-order valence-electron chi connectivity index (χ0n) is 9.48. The summed E-state index contributed by atoms with van der Waals surface area (Å²) in [6.07, 6.45) is 0.886. The van der Waals surface area contributed by atoms with E-state index in [9.17, 15) is 0 Å². The van der Waals surface area contributed by atoms with Crippen LogP contribution in [0, 0.1) is 20.8 Å². The zero-order valence-corrected chi connectivity index (χ0v) is 9.48. The molecular formula is C12H19NO. The zero-order chi connectivity index (χ0) is 10.7. The van der Waals surface area contributed by atoms with E-state index in [-0.39, 0.29) is 0 Å². The molecule has 0 radical (unpaired) electrons. The fourth-order valence-corrected chi connectivity index (χ4v) is 1.87. The number of methoxy groups -OCH3 is 1. The van der Waals surface area contributed by atoms with Crippen molar-refractivity contribution in [3.05, 3.63) is 28.3 Å². The van der Waals surface area contributed by atoms with Gasteiger partial charge in [-0.05, 0) is 56.0 Å². The van der Waals surface area contributed by atoms with Crippen LogP contribution in [0.1, 0.15) is 22.3 Å². The van der Waals surface area contributed by atoms with E-state index in [2.05, 4.69) is 26.8 Å². The second kappa shape index (κ2) is 4.47. The third kappa shape index (κ3) is 1.90. The predicted molar refractivity (Wildman–Crippen MR) is 60.0 cm³/mol. The fraction of sp³-hybridized carbons (Fsp3) is 0.500. The van der Waals surface area contributed by atoms with Crippen molar-refractivity contribution in [3.8, 4) is 5.75 Å². The molecule has 2 N–H and O–H groups in total. The van der Waals surface area contributed by atoms with E-state index in [4.69, 9.17) is 10.5 Å². The van der Waals surface area contributed by atoms with Gasteiger partial charge in [0.1, 0.15) is 5.75 Å². The van der Waals surface area contributed by atoms with Gasteiger partial charge in [-0.1, -0.05) is 6.07 Å². The van der Waals surface area contributed by atoms with Crippen LogP contribution in [0.25, 0.3) is 0 Å². The topological polar surface area (TPSA) is 35.2 Å². The van der Waals surface area contributed by atoms with Gasteiger partial charge < -0.3 is 10.5 Å². The van der Waals surface area contributed by atoms with Crippen molar-refractivity contribution in [2.75, 3.05) is 13.7 Å². The Hall–Kier alpha value is -1.02. The summed E-state index contributed by atoms with van der Waals surface area (Å²) in [6, 6.07) is 2.16. The summed E-state index contributed by atoms with van der Waals surface area (Å²) in [5.74, 6) is 0.999. The van der Waals surface area contributed by atoms with E-state index in [0.717, 1.165) is 12.2 Å². The standard InChI is InChI=1S/C12H19NO/c1-8-7-9(2)12(14-4)11(5-6-13)10(8)3/h7H,5-6,13H2,1-4H3. The van der Waals surface area contributed by atoms with E-state index in [1.165, 1.54) is 22.3 Å². The van der Waals surface area contributed by atoms with E-state index in [1.807, 2.05) is 0 Å². The molecule has 1 rings (SSSR count). The molecule has 1 aromatic carbocycles. The number of hydrogen-bond acceptors (Lipinski definition) is 2. The normalized spacial score (nSPS) is 10.4. The molecule has 0 aliphatic carbocycles. The minimum Gasteiger partial charge on any atom is -0.496 e. The van der Waals surface area contributed by atoms with Crippen LogP contribution in [0.15, 0.2) is 6.07 Å². The summed E-state index contributed by atoms with van der Waals surface area (Å²) in [4.78, 5) is 0. The largest absolute Gasteiger partial charge is 0.496 e. The lowest BCUT2D eigenvalue weighted by molar-refractivity contribution is 0.406. The first-order valence-corrected chi connectivity index (χ1v) is 4.95. The summed E-state index contributed by atoms with van der Waals surface area (Å²) in [5, 5.41) is 0. The van der Waals surface area contributed by atoms with Crippen molar-refractivity contribution < 1.29 is 4.74 Å². The van der Waals surface area contributed by atoms with Crippen LogP contribution in [-0.2, 0) is 6.42 Å². The van der Waals surface area contributed by atoms with Gasteiger partial charge >= 0.3 is 0 Å². The summed E-state index contributed by atoms with van der Waals surface area (Å²) in [5.41, 5.74) is 10.7. The molecule has 0 fully saturated rings. The molecule has 78 valence electrons. The van der Waals surface area contributed by atoms with E-state index < -0.39 is 0 Å². The van der Waals surface area contributed by atoms with Crippen molar-refractivity contribution in [2.45, 2.75) is 27.2 Å². The van der Waals surface area contributed by atoms with Gasteiger partial charge in [0.15, 0.2) is 0 Å². The predicted octanol–water partition coefficient (Wildman–Crippen LogP) is 2.12. The van der Waals surface area contributed by atoms with Crippen molar-refractivity contribution >= 4 is 0 Å². The van der Waals surface area contributed by atoms with E-state index in [0.29, 0.717) is 6.54 Å². The van der Waals surface area contributed by atoms with Crippen LogP contribution in [0.5, 0.6) is 5.75 Å². The second-order valence-electron chi connectivity index (χ2n) is 3.69. The molecule has 0 aromatic heterocycles. The summed E-state index contributed by atoms with van der Waals surface area (Å²) in [7, 11) is 1.72. The molecule has 0 heterocycles. The molecule has 0 aliphatic rings. The summed E-state index contributed by atoms with van der Waals surface area (Å²) in [6.45, 7) is 7.00. The Morgan fingerprint density at radius 3 is 2.36 bits per heavy atom. The molecular weight excluding hydrogens is 174 g/mol. The van der Waals surface area contributed by atoms with Gasteiger partial charge in [0.2, 0.25) is 0 Å². The molecule has 0 saturated heterocycles. The molecule has 0 bridgehead atoms. The van der Waals surface area contributed by atoms with Gasteiger partial charge in [0, 0.05) is 0 Å². The minimum absolute atomic E-state index is 0.667. The van der Waals surface area contributed by atoms with Crippen molar-refractivity contribution in [1.29, 1.82) is 0 Å². The lowest BCUT2D eigenvalue weighted by Gasteiger charge is -2.15. The molecule has 0 atom stereocenters. The highest BCUT2D eigenvalue weighted by Gasteiger charge is 2.10. The number of rotatable bonds is 3. The highest BCUT2D eigenvalue weighted by molar-refractivity contribution is 5.49. The molecule has 2 nitrogen and oxygen atoms in total. The molecule has 0 aliphatic heterocycles. The van der Waals surface area contributed by atoms with Crippen LogP contribution in [-0.4, -0.2) is 13.7 Å². The van der Waals surface area contributed by atoms with E-state index >= 15 is 0 Å². The number of nitrogens with two attached hydrogens (primary N) is 1. The SMILES string of the molecule is COc1c(C)cc(C)c(C)c1CCN. The number of benzene rings is 1. The van der Waals surface area contributed by atoms with Crippen LogP contribution < -0.4 is 10.5 Å². The van der Waals surface area contributed by atoms with Crippen LogP contribution >= 0.6 is 0 Å². The Kier molecular flexibility index (Phi) is 3.53. The first-order chi connectivity index (χ1) is 6.61. The van der Waals surface area contributed by atoms with Crippen molar-refractivity contribution in [3.63, 3.8) is 0 Å². The summed E-state index contributed by atoms with van der Waals surface area (Å²) >= 11 is 0. The molecule has 0 spiro atoms. The Balaban J connectivity index is 3.32. The van der Waals surface area contributed by atoms with Crippen LogP contribution in [0.2, 0.25) is 0 Å². The van der Waals surface area contributed by atoms with Gasteiger partial charge in [-0.3, -0.25) is 0 Å². The third-order valence-electron chi connectivity index (χ3n) is 2.71. The maximum Gasteiger partial charge on any atom is 0.125 e. The van der Waals surface area contributed by atoms with Crippen molar-refractivity contribution in [2.24, 2.45) is 5.73 Å². The molecule has 0 amide bonds. The van der Waals surface area contributed by atoms with E-state index in [1.54, 1.807) is 7.11 Å². The Morgan fingerprint density at radius 2 is 1.86 bits per heavy atom. The average molecular weight is 193 g/mol. The number of aryl methyl sites for hydroxylation is 2. The quantitative estimate of drug-likeness (QED) is 0.798. The monoisotopic (exact) mass is 193 g/mol. The highest BCUT2D eigenvalue weighted by atomic mass is 16.5. The minimum atomic E-state index is 0.667. The number of ether oxygens (including phenoxy) is 1. The number of hydrogen-bond donors (Lipinski definition) is 1. The van der Waals surface area contributed by atoms with Gasteiger partial charge in [0.25, 0.3) is 0 Å². The first kappa shape index (κ1) is 11.1. The van der Waals surface area contributed by atoms with Gasteiger partial charge in [-0.25, -0.2) is 0 Å². The molecule has 0 unspecified atom stereocenters. The Bertz CT molecular complexity index is 332. The summed E-state index contributed by atoms with van der Waals surface area (Å²) < 4.78 is 5.41. The molecule has 14 heavy (non-hydrogen) atoms. The third-order valence-corrected chi connectivity index (χ3v) is 2.71. The maximum absolute atomic E-state index is 5.60. The smallest absolute Gasteiger partial charge is 0.125 e. The maximum atomic E-state index is 5.60. The van der Waals surface area contributed by atoms with Crippen LogP contribution in [0.3, 0.4) is 0 Å². The second-order valence-corrected chi connectivity index (χ2v) is 3.69. The Morgan fingerprint density at radius 1 is 1.21 bits per heavy atom. The lowest BCUT2D eigenvalue weighted by atomic mass is 9.96. The lowest BCUT2D eigenvalue weighted by Crippen LogP contribution is -2.07. The van der Waals surface area contributed by atoms with Gasteiger partial charge in [-0.2, -0.15) is 0 Å². The molecule has 1 aromatic rings. The van der Waals surface area contributed by atoms with Crippen LogP contribution in [0.4, 0.5) is 0 Å². The van der Waals surface area contributed by atoms with Gasteiger partial charge in [-0.15, -0.1) is 0 Å². The molecule has 2 heteroatoms. The van der Waals surface area contributed by atoms with Gasteiger partial charge in [0.05, 0.1) is 7.11 Å². The first-order valence-electron chi connectivity index (χ1n) is 4.95. The average Bonchev–Trinajstić information content (AvgIpc) is 2.14. The Labute approximate surface area is 86.1 Å². The fourth-order valence-electron chi connectivity index (χ4n) is 1.87. The van der Waals surface area contributed by atoms with Crippen molar-refractivity contribution in [1.82, 2.24) is 0 Å². The molecule has 0 saturated carbocycles.